The highest BCUT2D eigenvalue weighted by atomic mass is 16.5. The van der Waals surface area contributed by atoms with Crippen molar-refractivity contribution >= 4 is 17.4 Å². The van der Waals surface area contributed by atoms with Crippen LogP contribution in [0.1, 0.15) is 11.1 Å². The van der Waals surface area contributed by atoms with Crippen molar-refractivity contribution in [2.45, 2.75) is 13.8 Å². The van der Waals surface area contributed by atoms with E-state index in [1.54, 1.807) is 7.11 Å². The smallest absolute Gasteiger partial charge is 0.322 e. The lowest BCUT2D eigenvalue weighted by Gasteiger charge is -2.36. The summed E-state index contributed by atoms with van der Waals surface area (Å²) in [6, 6.07) is 14.2. The van der Waals surface area contributed by atoms with Gasteiger partial charge in [-0.25, -0.2) is 4.79 Å². The molecule has 0 spiro atoms. The van der Waals surface area contributed by atoms with Gasteiger partial charge in [0.1, 0.15) is 12.4 Å². The van der Waals surface area contributed by atoms with E-state index in [0.717, 1.165) is 18.7 Å². The Kier molecular flexibility index (Phi) is 6.76. The van der Waals surface area contributed by atoms with Crippen molar-refractivity contribution in [1.82, 2.24) is 4.90 Å². The van der Waals surface area contributed by atoms with E-state index in [4.69, 9.17) is 9.47 Å². The zero-order valence-electron chi connectivity index (χ0n) is 16.9. The number of amides is 2. The zero-order chi connectivity index (χ0) is 19.9. The molecular formula is C22H29N3O3. The maximum absolute atomic E-state index is 12.7. The van der Waals surface area contributed by atoms with Crippen LogP contribution in [0.3, 0.4) is 0 Å². The molecule has 1 saturated heterocycles. The second-order valence-corrected chi connectivity index (χ2v) is 7.08. The van der Waals surface area contributed by atoms with Crippen LogP contribution < -0.4 is 15.0 Å². The van der Waals surface area contributed by atoms with E-state index < -0.39 is 0 Å². The Bertz CT molecular complexity index is 801. The number of benzene rings is 2. The van der Waals surface area contributed by atoms with Gasteiger partial charge in [-0.3, -0.25) is 0 Å². The van der Waals surface area contributed by atoms with Crippen LogP contribution in [0.15, 0.2) is 42.5 Å². The van der Waals surface area contributed by atoms with E-state index in [2.05, 4.69) is 41.4 Å². The molecule has 1 heterocycles. The molecule has 0 bridgehead atoms. The Morgan fingerprint density at radius 1 is 1.00 bits per heavy atom. The van der Waals surface area contributed by atoms with Gasteiger partial charge in [0.15, 0.2) is 0 Å². The SMILES string of the molecule is COCCOc1cc(C)ccc1NC(=O)N1CCN(c2cccc(C)c2)CC1. The Hall–Kier alpha value is -2.73. The van der Waals surface area contributed by atoms with Crippen LogP contribution in [0.5, 0.6) is 5.75 Å². The molecule has 0 atom stereocenters. The minimum absolute atomic E-state index is 0.0932. The highest BCUT2D eigenvalue weighted by molar-refractivity contribution is 5.91. The van der Waals surface area contributed by atoms with Crippen molar-refractivity contribution in [1.29, 1.82) is 0 Å². The largest absolute Gasteiger partial charge is 0.489 e. The summed E-state index contributed by atoms with van der Waals surface area (Å²) in [5.74, 6) is 0.670. The number of nitrogens with one attached hydrogen (secondary N) is 1. The van der Waals surface area contributed by atoms with Gasteiger partial charge in [-0.2, -0.15) is 0 Å². The molecule has 2 aromatic carbocycles. The van der Waals surface area contributed by atoms with Crippen molar-refractivity contribution in [2.24, 2.45) is 0 Å². The third kappa shape index (κ3) is 5.16. The van der Waals surface area contributed by atoms with Crippen molar-refractivity contribution in [2.75, 3.05) is 56.7 Å². The molecule has 0 aliphatic carbocycles. The number of aryl methyl sites for hydroxylation is 2. The summed E-state index contributed by atoms with van der Waals surface area (Å²) in [6.45, 7) is 8.06. The van der Waals surface area contributed by atoms with Crippen LogP contribution in [-0.2, 0) is 4.74 Å². The number of carbonyl (C=O) groups excluding carboxylic acids is 1. The van der Waals surface area contributed by atoms with Gasteiger partial charge < -0.3 is 24.6 Å². The lowest BCUT2D eigenvalue weighted by Crippen LogP contribution is -2.50. The number of anilines is 2. The summed E-state index contributed by atoms with van der Waals surface area (Å²) >= 11 is 0. The fraction of sp³-hybridized carbons (Fsp3) is 0.409. The van der Waals surface area contributed by atoms with Crippen molar-refractivity contribution in [3.05, 3.63) is 53.6 Å². The van der Waals surface area contributed by atoms with Crippen LogP contribution in [0, 0.1) is 13.8 Å². The summed E-state index contributed by atoms with van der Waals surface area (Å²) in [4.78, 5) is 16.9. The number of methoxy groups -OCH3 is 1. The minimum atomic E-state index is -0.0932. The molecule has 150 valence electrons. The summed E-state index contributed by atoms with van der Waals surface area (Å²) in [7, 11) is 1.64. The normalized spacial score (nSPS) is 14.1. The molecule has 6 nitrogen and oxygen atoms in total. The Labute approximate surface area is 167 Å². The number of ether oxygens (including phenoxy) is 2. The van der Waals surface area contributed by atoms with Crippen molar-refractivity contribution in [3.63, 3.8) is 0 Å². The fourth-order valence-electron chi connectivity index (χ4n) is 3.27. The first-order valence-electron chi connectivity index (χ1n) is 9.67. The standard InChI is InChI=1S/C22H29N3O3/c1-17-5-4-6-19(15-17)24-9-11-25(12-10-24)22(26)23-20-8-7-18(2)16-21(20)28-14-13-27-3/h4-8,15-16H,9-14H2,1-3H3,(H,23,26). The van der Waals surface area contributed by atoms with Gasteiger partial charge in [-0.05, 0) is 49.2 Å². The second-order valence-electron chi connectivity index (χ2n) is 7.08. The van der Waals surface area contributed by atoms with Crippen molar-refractivity contribution in [3.8, 4) is 5.75 Å². The first kappa shape index (κ1) is 20.0. The number of piperazine rings is 1. The summed E-state index contributed by atoms with van der Waals surface area (Å²) in [5, 5.41) is 3.00. The van der Waals surface area contributed by atoms with E-state index in [1.807, 2.05) is 30.0 Å². The highest BCUT2D eigenvalue weighted by Gasteiger charge is 2.22. The summed E-state index contributed by atoms with van der Waals surface area (Å²) < 4.78 is 10.8. The van der Waals surface area contributed by atoms with Crippen LogP contribution in [0.4, 0.5) is 16.2 Å². The summed E-state index contributed by atoms with van der Waals surface area (Å²) in [5.41, 5.74) is 4.23. The first-order valence-corrected chi connectivity index (χ1v) is 9.67. The maximum Gasteiger partial charge on any atom is 0.322 e. The number of hydrogen-bond acceptors (Lipinski definition) is 4. The summed E-state index contributed by atoms with van der Waals surface area (Å²) in [6.07, 6.45) is 0. The molecular weight excluding hydrogens is 354 g/mol. The molecule has 3 rings (SSSR count). The molecule has 1 aliphatic heterocycles. The Morgan fingerprint density at radius 2 is 1.75 bits per heavy atom. The number of nitrogens with zero attached hydrogens (tertiary/aromatic N) is 2. The molecule has 2 amide bonds. The number of urea groups is 1. The zero-order valence-corrected chi connectivity index (χ0v) is 16.9. The number of carbonyl (C=O) groups is 1. The van der Waals surface area contributed by atoms with E-state index in [1.165, 1.54) is 11.3 Å². The molecule has 0 aromatic heterocycles. The third-order valence-corrected chi connectivity index (χ3v) is 4.86. The predicted molar refractivity (Wildman–Crippen MR) is 113 cm³/mol. The van der Waals surface area contributed by atoms with Gasteiger partial charge in [0.2, 0.25) is 0 Å². The number of rotatable bonds is 6. The van der Waals surface area contributed by atoms with Gasteiger partial charge in [0.05, 0.1) is 12.3 Å². The molecule has 6 heteroatoms. The predicted octanol–water partition coefficient (Wildman–Crippen LogP) is 3.68. The first-order chi connectivity index (χ1) is 13.6. The lowest BCUT2D eigenvalue weighted by atomic mass is 10.2. The molecule has 0 radical (unpaired) electrons. The lowest BCUT2D eigenvalue weighted by molar-refractivity contribution is 0.146. The molecule has 1 aliphatic rings. The Morgan fingerprint density at radius 3 is 2.46 bits per heavy atom. The monoisotopic (exact) mass is 383 g/mol. The minimum Gasteiger partial charge on any atom is -0.489 e. The third-order valence-electron chi connectivity index (χ3n) is 4.86. The second kappa shape index (κ2) is 9.46. The maximum atomic E-state index is 12.7. The van der Waals surface area contributed by atoms with Crippen LogP contribution in [0.2, 0.25) is 0 Å². The van der Waals surface area contributed by atoms with Crippen LogP contribution in [0.25, 0.3) is 0 Å². The van der Waals surface area contributed by atoms with Crippen LogP contribution in [-0.4, -0.2) is 57.4 Å². The van der Waals surface area contributed by atoms with Gasteiger partial charge in [-0.1, -0.05) is 18.2 Å². The molecule has 0 unspecified atom stereocenters. The van der Waals surface area contributed by atoms with E-state index >= 15 is 0 Å². The van der Waals surface area contributed by atoms with Gasteiger partial charge in [0, 0.05) is 39.0 Å². The Balaban J connectivity index is 1.58. The fourth-order valence-corrected chi connectivity index (χ4v) is 3.27. The average molecular weight is 383 g/mol. The van der Waals surface area contributed by atoms with E-state index in [-0.39, 0.29) is 6.03 Å². The van der Waals surface area contributed by atoms with E-state index in [9.17, 15) is 4.79 Å². The van der Waals surface area contributed by atoms with E-state index in [0.29, 0.717) is 37.7 Å². The quantitative estimate of drug-likeness (QED) is 0.773. The topological polar surface area (TPSA) is 54.0 Å². The van der Waals surface area contributed by atoms with Crippen molar-refractivity contribution < 1.29 is 14.3 Å². The molecule has 28 heavy (non-hydrogen) atoms. The van der Waals surface area contributed by atoms with Crippen LogP contribution >= 0.6 is 0 Å². The van der Waals surface area contributed by atoms with Gasteiger partial charge >= 0.3 is 6.03 Å². The molecule has 1 N–H and O–H groups in total. The molecule has 1 fully saturated rings. The highest BCUT2D eigenvalue weighted by Crippen LogP contribution is 2.26. The number of hydrogen-bond donors (Lipinski definition) is 1. The average Bonchev–Trinajstić information content (AvgIpc) is 2.70. The molecule has 0 saturated carbocycles. The van der Waals surface area contributed by atoms with Gasteiger partial charge in [0.25, 0.3) is 0 Å². The molecule has 2 aromatic rings. The van der Waals surface area contributed by atoms with Gasteiger partial charge in [-0.15, -0.1) is 0 Å².